The first-order valence-corrected chi connectivity index (χ1v) is 3.61. The van der Waals surface area contributed by atoms with Crippen LogP contribution in [0.4, 0.5) is 5.69 Å². The maximum absolute atomic E-state index is 10.6. The molecule has 2 N–H and O–H groups in total. The molecule has 1 rings (SSSR count). The Morgan fingerprint density at radius 1 is 1.45 bits per heavy atom. The Labute approximate surface area is 73.9 Å². The summed E-state index contributed by atoms with van der Waals surface area (Å²) in [7, 11) is 0. The van der Waals surface area contributed by atoms with Gasteiger partial charge in [-0.2, -0.15) is 0 Å². The molecule has 58 valence electrons. The number of carbonyl (C=O) groups is 1. The quantitative estimate of drug-likeness (QED) is 0.545. The van der Waals surface area contributed by atoms with Crippen LogP contribution in [0, 0.1) is 0 Å². The third-order valence-corrected chi connectivity index (χ3v) is 1.72. The van der Waals surface area contributed by atoms with Crippen LogP contribution in [0.5, 0.6) is 0 Å². The van der Waals surface area contributed by atoms with Gasteiger partial charge in [0.05, 0.1) is 10.6 Å². The van der Waals surface area contributed by atoms with E-state index in [0.717, 1.165) is 0 Å². The molecule has 0 atom stereocenters. The maximum atomic E-state index is 10.6. The Morgan fingerprint density at radius 2 is 2.09 bits per heavy atom. The summed E-state index contributed by atoms with van der Waals surface area (Å²) in [6, 6.07) is 4.55. The minimum Gasteiger partial charge on any atom is -0.399 e. The number of nitrogen functional groups attached to an aromatic ring is 1. The van der Waals surface area contributed by atoms with Gasteiger partial charge in [-0.1, -0.05) is 11.6 Å². The molecule has 0 radical (unpaired) electrons. The second-order valence-corrected chi connectivity index (χ2v) is 2.76. The molecule has 1 aromatic rings. The van der Waals surface area contributed by atoms with Crippen molar-refractivity contribution < 1.29 is 4.79 Å². The number of halogens is 2. The SMILES string of the molecule is Nc1ccc(C(=O)Cl)c(Cl)c1. The predicted molar refractivity (Wildman–Crippen MR) is 46.0 cm³/mol. The van der Waals surface area contributed by atoms with E-state index in [1.165, 1.54) is 12.1 Å². The fraction of sp³-hybridized carbons (Fsp3) is 0. The summed E-state index contributed by atoms with van der Waals surface area (Å²) in [6.45, 7) is 0. The molecule has 4 heteroatoms. The summed E-state index contributed by atoms with van der Waals surface area (Å²) in [6.07, 6.45) is 0. The van der Waals surface area contributed by atoms with Gasteiger partial charge < -0.3 is 5.73 Å². The lowest BCUT2D eigenvalue weighted by Gasteiger charge is -1.98. The molecule has 2 nitrogen and oxygen atoms in total. The van der Waals surface area contributed by atoms with Crippen LogP contribution in [0.15, 0.2) is 18.2 Å². The Morgan fingerprint density at radius 3 is 2.55 bits per heavy atom. The van der Waals surface area contributed by atoms with Crippen LogP contribution in [0.25, 0.3) is 0 Å². The number of hydrogen-bond acceptors (Lipinski definition) is 2. The standard InChI is InChI=1S/C7H5Cl2NO/c8-6-3-4(10)1-2-5(6)7(9)11/h1-3H,10H2. The Balaban J connectivity index is 3.20. The van der Waals surface area contributed by atoms with E-state index in [4.69, 9.17) is 28.9 Å². The fourth-order valence-electron chi connectivity index (χ4n) is 0.691. The number of anilines is 1. The summed E-state index contributed by atoms with van der Waals surface area (Å²) in [5.41, 5.74) is 6.18. The smallest absolute Gasteiger partial charge is 0.253 e. The number of rotatable bonds is 1. The molecule has 0 aliphatic carbocycles. The van der Waals surface area contributed by atoms with Crippen LogP contribution >= 0.6 is 23.2 Å². The molecule has 11 heavy (non-hydrogen) atoms. The lowest BCUT2D eigenvalue weighted by atomic mass is 10.2. The van der Waals surface area contributed by atoms with Crippen molar-refractivity contribution in [3.8, 4) is 0 Å². The number of carbonyl (C=O) groups excluding carboxylic acids is 1. The minimum absolute atomic E-state index is 0.280. The fourth-order valence-corrected chi connectivity index (χ4v) is 1.18. The Kier molecular flexibility index (Phi) is 2.37. The first-order chi connectivity index (χ1) is 5.11. The lowest BCUT2D eigenvalue weighted by Crippen LogP contribution is -1.92. The molecule has 0 spiro atoms. The molecule has 0 aliphatic heterocycles. The van der Waals surface area contributed by atoms with Gasteiger partial charge in [0.25, 0.3) is 5.24 Å². The molecule has 0 saturated carbocycles. The third kappa shape index (κ3) is 1.85. The van der Waals surface area contributed by atoms with Crippen LogP contribution in [0.3, 0.4) is 0 Å². The van der Waals surface area contributed by atoms with Crippen molar-refractivity contribution in [2.45, 2.75) is 0 Å². The normalized spacial score (nSPS) is 9.64. The average Bonchev–Trinajstić information content (AvgIpc) is 1.85. The van der Waals surface area contributed by atoms with Crippen molar-refractivity contribution in [3.63, 3.8) is 0 Å². The van der Waals surface area contributed by atoms with Crippen LogP contribution in [0.1, 0.15) is 10.4 Å². The van der Waals surface area contributed by atoms with Gasteiger partial charge in [-0.3, -0.25) is 4.79 Å². The molecule has 0 fully saturated rings. The Bertz CT molecular complexity index is 298. The van der Waals surface area contributed by atoms with E-state index < -0.39 is 5.24 Å². The van der Waals surface area contributed by atoms with E-state index in [9.17, 15) is 4.79 Å². The van der Waals surface area contributed by atoms with E-state index in [1.54, 1.807) is 6.07 Å². The molecule has 0 aliphatic rings. The highest BCUT2D eigenvalue weighted by molar-refractivity contribution is 6.68. The van der Waals surface area contributed by atoms with Crippen LogP contribution in [-0.2, 0) is 0 Å². The van der Waals surface area contributed by atoms with Gasteiger partial charge in [0.1, 0.15) is 0 Å². The number of hydrogen-bond donors (Lipinski definition) is 1. The second kappa shape index (κ2) is 3.11. The first-order valence-electron chi connectivity index (χ1n) is 2.86. The van der Waals surface area contributed by atoms with Crippen molar-refractivity contribution in [1.29, 1.82) is 0 Å². The highest BCUT2D eigenvalue weighted by atomic mass is 35.5. The van der Waals surface area contributed by atoms with E-state index in [1.807, 2.05) is 0 Å². The minimum atomic E-state index is -0.574. The summed E-state index contributed by atoms with van der Waals surface area (Å²) in [4.78, 5) is 10.6. The maximum Gasteiger partial charge on any atom is 0.253 e. The van der Waals surface area contributed by atoms with Gasteiger partial charge in [-0.05, 0) is 29.8 Å². The van der Waals surface area contributed by atoms with Crippen molar-refractivity contribution in [1.82, 2.24) is 0 Å². The van der Waals surface area contributed by atoms with Gasteiger partial charge in [-0.15, -0.1) is 0 Å². The lowest BCUT2D eigenvalue weighted by molar-refractivity contribution is 0.108. The summed E-state index contributed by atoms with van der Waals surface area (Å²) in [5.74, 6) is 0. The average molecular weight is 190 g/mol. The molecule has 0 unspecified atom stereocenters. The first kappa shape index (κ1) is 8.37. The van der Waals surface area contributed by atoms with Crippen molar-refractivity contribution in [2.24, 2.45) is 0 Å². The van der Waals surface area contributed by atoms with Crippen molar-refractivity contribution in [3.05, 3.63) is 28.8 Å². The molecule has 1 aromatic carbocycles. The van der Waals surface area contributed by atoms with E-state index in [2.05, 4.69) is 0 Å². The summed E-state index contributed by atoms with van der Waals surface area (Å²) in [5, 5.41) is -0.292. The second-order valence-electron chi connectivity index (χ2n) is 2.01. The van der Waals surface area contributed by atoms with Gasteiger partial charge in [-0.25, -0.2) is 0 Å². The zero-order valence-electron chi connectivity index (χ0n) is 5.47. The molecule has 0 bridgehead atoms. The van der Waals surface area contributed by atoms with Crippen LogP contribution < -0.4 is 5.73 Å². The van der Waals surface area contributed by atoms with E-state index in [-0.39, 0.29) is 10.6 Å². The van der Waals surface area contributed by atoms with Gasteiger partial charge in [0.2, 0.25) is 0 Å². The summed E-state index contributed by atoms with van der Waals surface area (Å²) < 4.78 is 0. The number of nitrogens with two attached hydrogens (primary N) is 1. The molecule has 0 aromatic heterocycles. The molecular formula is C7H5Cl2NO. The van der Waals surface area contributed by atoms with Crippen molar-refractivity contribution in [2.75, 3.05) is 5.73 Å². The number of benzene rings is 1. The molecular weight excluding hydrogens is 185 g/mol. The third-order valence-electron chi connectivity index (χ3n) is 1.20. The van der Waals surface area contributed by atoms with Gasteiger partial charge in [0, 0.05) is 5.69 Å². The summed E-state index contributed by atoms with van der Waals surface area (Å²) >= 11 is 10.8. The zero-order chi connectivity index (χ0) is 8.43. The van der Waals surface area contributed by atoms with Crippen molar-refractivity contribution >= 4 is 34.1 Å². The highest BCUT2D eigenvalue weighted by Gasteiger charge is 2.06. The molecule has 0 amide bonds. The largest absolute Gasteiger partial charge is 0.399 e. The molecule has 0 heterocycles. The monoisotopic (exact) mass is 189 g/mol. The topological polar surface area (TPSA) is 43.1 Å². The zero-order valence-corrected chi connectivity index (χ0v) is 6.99. The van der Waals surface area contributed by atoms with E-state index >= 15 is 0 Å². The van der Waals surface area contributed by atoms with E-state index in [0.29, 0.717) is 5.69 Å². The highest BCUT2D eigenvalue weighted by Crippen LogP contribution is 2.20. The van der Waals surface area contributed by atoms with Crippen LogP contribution in [0.2, 0.25) is 5.02 Å². The predicted octanol–water partition coefficient (Wildman–Crippen LogP) is 2.30. The molecule has 0 saturated heterocycles. The van der Waals surface area contributed by atoms with Gasteiger partial charge >= 0.3 is 0 Å². The van der Waals surface area contributed by atoms with Crippen LogP contribution in [-0.4, -0.2) is 5.24 Å². The van der Waals surface area contributed by atoms with Gasteiger partial charge in [0.15, 0.2) is 0 Å². The Hall–Kier alpha value is -0.730.